The van der Waals surface area contributed by atoms with E-state index in [2.05, 4.69) is 4.74 Å². The Bertz CT molecular complexity index is 309. The van der Waals surface area contributed by atoms with Crippen LogP contribution in [0, 0.1) is 5.82 Å². The molecule has 0 aromatic heterocycles. The molecule has 0 aliphatic rings. The van der Waals surface area contributed by atoms with Gasteiger partial charge in [0.25, 0.3) is 0 Å². The van der Waals surface area contributed by atoms with Gasteiger partial charge in [-0.1, -0.05) is 12.1 Å². The standard InChI is InChI=1S/C9H9F4NO/c10-7-3-1-6(2-4-7)8(14)5-15-9(11,12)13/h1-4,8H,5,14H2. The Balaban J connectivity index is 2.54. The van der Waals surface area contributed by atoms with Gasteiger partial charge < -0.3 is 5.73 Å². The van der Waals surface area contributed by atoms with Crippen LogP contribution in [0.1, 0.15) is 11.6 Å². The first-order chi connectivity index (χ1) is 6.88. The summed E-state index contributed by atoms with van der Waals surface area (Å²) in [6.07, 6.45) is -4.70. The molecule has 0 bridgehead atoms. The minimum absolute atomic E-state index is 0.389. The molecule has 0 heterocycles. The molecule has 0 fully saturated rings. The van der Waals surface area contributed by atoms with E-state index in [1.54, 1.807) is 0 Å². The molecule has 0 saturated heterocycles. The number of hydrogen-bond donors (Lipinski definition) is 1. The molecule has 0 aliphatic carbocycles. The van der Waals surface area contributed by atoms with Gasteiger partial charge in [0, 0.05) is 0 Å². The summed E-state index contributed by atoms with van der Waals surface area (Å²) in [6.45, 7) is -0.685. The fourth-order valence-electron chi connectivity index (χ4n) is 0.990. The smallest absolute Gasteiger partial charge is 0.322 e. The van der Waals surface area contributed by atoms with Gasteiger partial charge in [0.1, 0.15) is 5.82 Å². The minimum Gasteiger partial charge on any atom is -0.322 e. The zero-order valence-electron chi connectivity index (χ0n) is 7.59. The summed E-state index contributed by atoms with van der Waals surface area (Å²) in [7, 11) is 0. The van der Waals surface area contributed by atoms with Crippen LogP contribution >= 0.6 is 0 Å². The molecular formula is C9H9F4NO. The number of alkyl halides is 3. The highest BCUT2D eigenvalue weighted by Crippen LogP contribution is 2.19. The lowest BCUT2D eigenvalue weighted by Gasteiger charge is -2.13. The van der Waals surface area contributed by atoms with Crippen molar-refractivity contribution >= 4 is 0 Å². The topological polar surface area (TPSA) is 35.2 Å². The fourth-order valence-corrected chi connectivity index (χ4v) is 0.990. The van der Waals surface area contributed by atoms with Gasteiger partial charge in [-0.15, -0.1) is 13.2 Å². The molecule has 1 rings (SSSR count). The molecule has 1 atom stereocenters. The van der Waals surface area contributed by atoms with Gasteiger partial charge >= 0.3 is 6.36 Å². The second-order valence-electron chi connectivity index (χ2n) is 2.91. The van der Waals surface area contributed by atoms with Crippen molar-refractivity contribution < 1.29 is 22.3 Å². The second-order valence-corrected chi connectivity index (χ2v) is 2.91. The second kappa shape index (κ2) is 4.59. The maximum Gasteiger partial charge on any atom is 0.522 e. The van der Waals surface area contributed by atoms with E-state index >= 15 is 0 Å². The van der Waals surface area contributed by atoms with Crippen LogP contribution in [-0.2, 0) is 4.74 Å². The van der Waals surface area contributed by atoms with Crippen LogP contribution in [0.3, 0.4) is 0 Å². The third-order valence-electron chi connectivity index (χ3n) is 1.72. The van der Waals surface area contributed by atoms with Gasteiger partial charge in [-0.05, 0) is 17.7 Å². The number of benzene rings is 1. The molecule has 0 saturated carbocycles. The Hall–Kier alpha value is -1.14. The predicted octanol–water partition coefficient (Wildman–Crippen LogP) is 2.36. The lowest BCUT2D eigenvalue weighted by atomic mass is 10.1. The molecule has 0 spiro atoms. The van der Waals surface area contributed by atoms with E-state index in [9.17, 15) is 17.6 Å². The molecule has 0 aliphatic heterocycles. The van der Waals surface area contributed by atoms with Gasteiger partial charge in [-0.2, -0.15) is 0 Å². The average molecular weight is 223 g/mol. The van der Waals surface area contributed by atoms with Crippen molar-refractivity contribution in [2.24, 2.45) is 5.73 Å². The van der Waals surface area contributed by atoms with E-state index in [1.165, 1.54) is 12.1 Å². The largest absolute Gasteiger partial charge is 0.522 e. The Kier molecular flexibility index (Phi) is 3.65. The molecule has 2 nitrogen and oxygen atoms in total. The summed E-state index contributed by atoms with van der Waals surface area (Å²) in [6, 6.07) is 3.97. The lowest BCUT2D eigenvalue weighted by Crippen LogP contribution is -2.23. The van der Waals surface area contributed by atoms with Crippen LogP contribution < -0.4 is 5.73 Å². The summed E-state index contributed by atoms with van der Waals surface area (Å²) in [5, 5.41) is 0. The average Bonchev–Trinajstić information content (AvgIpc) is 2.14. The first-order valence-corrected chi connectivity index (χ1v) is 4.10. The molecule has 0 amide bonds. The number of nitrogens with two attached hydrogens (primary N) is 1. The highest BCUT2D eigenvalue weighted by Gasteiger charge is 2.29. The van der Waals surface area contributed by atoms with Crippen molar-refractivity contribution in [3.63, 3.8) is 0 Å². The highest BCUT2D eigenvalue weighted by atomic mass is 19.4. The quantitative estimate of drug-likeness (QED) is 0.798. The highest BCUT2D eigenvalue weighted by molar-refractivity contribution is 5.19. The molecule has 1 aromatic carbocycles. The molecule has 1 aromatic rings. The predicted molar refractivity (Wildman–Crippen MR) is 45.3 cm³/mol. The Morgan fingerprint density at radius 1 is 1.20 bits per heavy atom. The van der Waals surface area contributed by atoms with Crippen molar-refractivity contribution in [2.45, 2.75) is 12.4 Å². The normalized spacial score (nSPS) is 13.9. The van der Waals surface area contributed by atoms with Crippen LogP contribution in [0.4, 0.5) is 17.6 Å². The Morgan fingerprint density at radius 3 is 2.20 bits per heavy atom. The van der Waals surface area contributed by atoms with Crippen molar-refractivity contribution in [3.05, 3.63) is 35.6 Å². The minimum atomic E-state index is -4.70. The van der Waals surface area contributed by atoms with E-state index in [-0.39, 0.29) is 0 Å². The first kappa shape index (κ1) is 11.9. The van der Waals surface area contributed by atoms with Gasteiger partial charge in [0.2, 0.25) is 0 Å². The zero-order chi connectivity index (χ0) is 11.5. The maximum absolute atomic E-state index is 12.5. The van der Waals surface area contributed by atoms with Gasteiger partial charge in [0.05, 0.1) is 12.6 Å². The van der Waals surface area contributed by atoms with Crippen LogP contribution in [-0.4, -0.2) is 13.0 Å². The summed E-state index contributed by atoms with van der Waals surface area (Å²) in [5.74, 6) is -0.470. The number of ether oxygens (including phenoxy) is 1. The Morgan fingerprint density at radius 2 is 1.73 bits per heavy atom. The summed E-state index contributed by atoms with van der Waals surface area (Å²) >= 11 is 0. The van der Waals surface area contributed by atoms with E-state index in [0.717, 1.165) is 12.1 Å². The SMILES string of the molecule is NC(COC(F)(F)F)c1ccc(F)cc1. The summed E-state index contributed by atoms with van der Waals surface area (Å²) in [5.41, 5.74) is 5.79. The van der Waals surface area contributed by atoms with E-state index in [4.69, 9.17) is 5.73 Å². The summed E-state index contributed by atoms with van der Waals surface area (Å²) < 4.78 is 51.0. The van der Waals surface area contributed by atoms with E-state index in [1.807, 2.05) is 0 Å². The third kappa shape index (κ3) is 4.26. The van der Waals surface area contributed by atoms with E-state index in [0.29, 0.717) is 5.56 Å². The molecular weight excluding hydrogens is 214 g/mol. The van der Waals surface area contributed by atoms with E-state index < -0.39 is 24.8 Å². The van der Waals surface area contributed by atoms with Gasteiger partial charge in [-0.3, -0.25) is 4.74 Å². The van der Waals surface area contributed by atoms with Crippen LogP contribution in [0.2, 0.25) is 0 Å². The molecule has 15 heavy (non-hydrogen) atoms. The number of hydrogen-bond acceptors (Lipinski definition) is 2. The van der Waals surface area contributed by atoms with Crippen LogP contribution in [0.25, 0.3) is 0 Å². The van der Waals surface area contributed by atoms with Gasteiger partial charge in [0.15, 0.2) is 0 Å². The molecule has 1 unspecified atom stereocenters. The monoisotopic (exact) mass is 223 g/mol. The third-order valence-corrected chi connectivity index (χ3v) is 1.72. The van der Waals surface area contributed by atoms with Crippen LogP contribution in [0.5, 0.6) is 0 Å². The first-order valence-electron chi connectivity index (χ1n) is 4.10. The molecule has 0 radical (unpaired) electrons. The van der Waals surface area contributed by atoms with Crippen molar-refractivity contribution in [1.82, 2.24) is 0 Å². The van der Waals surface area contributed by atoms with Crippen molar-refractivity contribution in [1.29, 1.82) is 0 Å². The molecule has 84 valence electrons. The molecule has 6 heteroatoms. The van der Waals surface area contributed by atoms with Crippen molar-refractivity contribution in [2.75, 3.05) is 6.61 Å². The summed E-state index contributed by atoms with van der Waals surface area (Å²) in [4.78, 5) is 0. The lowest BCUT2D eigenvalue weighted by molar-refractivity contribution is -0.326. The fraction of sp³-hybridized carbons (Fsp3) is 0.333. The van der Waals surface area contributed by atoms with Gasteiger partial charge in [-0.25, -0.2) is 4.39 Å². The molecule has 2 N–H and O–H groups in total. The zero-order valence-corrected chi connectivity index (χ0v) is 7.59. The maximum atomic E-state index is 12.5. The number of rotatable bonds is 3. The van der Waals surface area contributed by atoms with Crippen LogP contribution in [0.15, 0.2) is 24.3 Å². The number of halogens is 4. The van der Waals surface area contributed by atoms with Crippen molar-refractivity contribution in [3.8, 4) is 0 Å². The Labute approximate surface area is 83.6 Å².